The molecular formula is C10H12O3. The Morgan fingerprint density at radius 3 is 2.85 bits per heavy atom. The lowest BCUT2D eigenvalue weighted by atomic mass is 10.1. The van der Waals surface area contributed by atoms with Gasteiger partial charge in [-0.1, -0.05) is 18.2 Å². The molecule has 70 valence electrons. The van der Waals surface area contributed by atoms with Gasteiger partial charge in [0.05, 0.1) is 19.5 Å². The summed E-state index contributed by atoms with van der Waals surface area (Å²) in [6, 6.07) is 0. The zero-order valence-electron chi connectivity index (χ0n) is 7.27. The van der Waals surface area contributed by atoms with Crippen molar-refractivity contribution in [3.8, 4) is 0 Å². The van der Waals surface area contributed by atoms with Gasteiger partial charge in [-0.25, -0.2) is 0 Å². The van der Waals surface area contributed by atoms with Crippen LogP contribution in [0.1, 0.15) is 6.42 Å². The predicted octanol–water partition coefficient (Wildman–Crippen LogP) is 1.69. The maximum absolute atomic E-state index is 8.90. The minimum atomic E-state index is -0.304. The number of ether oxygens (including phenoxy) is 2. The van der Waals surface area contributed by atoms with E-state index >= 15 is 0 Å². The van der Waals surface area contributed by atoms with Crippen molar-refractivity contribution in [2.45, 2.75) is 12.7 Å². The molecule has 1 N–H and O–H groups in total. The van der Waals surface area contributed by atoms with E-state index in [0.717, 1.165) is 37.0 Å². The van der Waals surface area contributed by atoms with E-state index in [0.29, 0.717) is 0 Å². The standard InChI is InChI=1S/C10H12O3/c11-7-8-3-1-4-9(8)10-12-5-2-6-13-10/h1,3-4,7,10-11H,2,5-6H2/b8-7-. The van der Waals surface area contributed by atoms with Gasteiger partial charge in [-0.05, 0) is 6.42 Å². The van der Waals surface area contributed by atoms with Gasteiger partial charge in [0, 0.05) is 11.1 Å². The van der Waals surface area contributed by atoms with Gasteiger partial charge in [-0.3, -0.25) is 0 Å². The molecule has 2 aliphatic rings. The minimum absolute atomic E-state index is 0.304. The van der Waals surface area contributed by atoms with E-state index in [1.807, 2.05) is 18.2 Å². The van der Waals surface area contributed by atoms with Crippen molar-refractivity contribution >= 4 is 0 Å². The highest BCUT2D eigenvalue weighted by Gasteiger charge is 2.22. The zero-order valence-corrected chi connectivity index (χ0v) is 7.27. The third-order valence-corrected chi connectivity index (χ3v) is 2.11. The molecule has 0 spiro atoms. The maximum atomic E-state index is 8.90. The van der Waals surface area contributed by atoms with Crippen LogP contribution in [-0.4, -0.2) is 24.6 Å². The first kappa shape index (κ1) is 8.53. The Balaban J connectivity index is 2.08. The number of allylic oxidation sites excluding steroid dienone is 3. The Labute approximate surface area is 77.0 Å². The summed E-state index contributed by atoms with van der Waals surface area (Å²) in [6.07, 6.45) is 7.32. The topological polar surface area (TPSA) is 38.7 Å². The van der Waals surface area contributed by atoms with Crippen LogP contribution in [0.3, 0.4) is 0 Å². The van der Waals surface area contributed by atoms with Crippen molar-refractivity contribution in [2.75, 3.05) is 13.2 Å². The van der Waals surface area contributed by atoms with E-state index in [4.69, 9.17) is 14.6 Å². The number of aliphatic hydroxyl groups is 1. The van der Waals surface area contributed by atoms with Crippen molar-refractivity contribution in [3.63, 3.8) is 0 Å². The van der Waals surface area contributed by atoms with E-state index < -0.39 is 0 Å². The fourth-order valence-electron chi connectivity index (χ4n) is 1.45. The Hall–Kier alpha value is -1.06. The van der Waals surface area contributed by atoms with Gasteiger partial charge in [0.25, 0.3) is 0 Å². The zero-order chi connectivity index (χ0) is 9.10. The first-order valence-corrected chi connectivity index (χ1v) is 4.38. The average molecular weight is 180 g/mol. The summed E-state index contributed by atoms with van der Waals surface area (Å²) in [7, 11) is 0. The van der Waals surface area contributed by atoms with Crippen molar-refractivity contribution in [1.82, 2.24) is 0 Å². The summed E-state index contributed by atoms with van der Waals surface area (Å²) in [5.41, 5.74) is 1.68. The van der Waals surface area contributed by atoms with Crippen LogP contribution >= 0.6 is 0 Å². The van der Waals surface area contributed by atoms with Gasteiger partial charge in [0.2, 0.25) is 0 Å². The first-order chi connectivity index (χ1) is 6.42. The predicted molar refractivity (Wildman–Crippen MR) is 48.2 cm³/mol. The Morgan fingerprint density at radius 1 is 1.38 bits per heavy atom. The molecule has 0 radical (unpaired) electrons. The molecule has 0 aromatic rings. The van der Waals surface area contributed by atoms with Crippen molar-refractivity contribution < 1.29 is 14.6 Å². The lowest BCUT2D eigenvalue weighted by Gasteiger charge is -2.24. The smallest absolute Gasteiger partial charge is 0.184 e. The van der Waals surface area contributed by atoms with E-state index in [9.17, 15) is 0 Å². The molecule has 13 heavy (non-hydrogen) atoms. The SMILES string of the molecule is O/C=C1/C=CC=C1C1OCCCO1. The van der Waals surface area contributed by atoms with Gasteiger partial charge >= 0.3 is 0 Å². The monoisotopic (exact) mass is 180 g/mol. The molecule has 1 saturated heterocycles. The molecule has 3 nitrogen and oxygen atoms in total. The van der Waals surface area contributed by atoms with Gasteiger partial charge in [0.1, 0.15) is 0 Å². The molecule has 1 aliphatic heterocycles. The minimum Gasteiger partial charge on any atom is -0.515 e. The molecule has 1 heterocycles. The summed E-state index contributed by atoms with van der Waals surface area (Å²) < 4.78 is 10.8. The highest BCUT2D eigenvalue weighted by atomic mass is 16.7. The molecule has 0 aromatic carbocycles. The average Bonchev–Trinajstić information content (AvgIpc) is 2.67. The Bertz CT molecular complexity index is 270. The van der Waals surface area contributed by atoms with Crippen LogP contribution in [0.15, 0.2) is 35.6 Å². The van der Waals surface area contributed by atoms with E-state index in [-0.39, 0.29) is 6.29 Å². The van der Waals surface area contributed by atoms with Gasteiger partial charge in [-0.2, -0.15) is 0 Å². The molecule has 2 rings (SSSR count). The third-order valence-electron chi connectivity index (χ3n) is 2.11. The summed E-state index contributed by atoms with van der Waals surface area (Å²) in [5, 5.41) is 8.90. The molecule has 1 fully saturated rings. The van der Waals surface area contributed by atoms with Crippen molar-refractivity contribution in [2.24, 2.45) is 0 Å². The van der Waals surface area contributed by atoms with Crippen LogP contribution in [0.25, 0.3) is 0 Å². The van der Waals surface area contributed by atoms with Crippen LogP contribution in [0.2, 0.25) is 0 Å². The largest absolute Gasteiger partial charge is 0.515 e. The lowest BCUT2D eigenvalue weighted by Crippen LogP contribution is -2.26. The fraction of sp³-hybridized carbons (Fsp3) is 0.400. The lowest BCUT2D eigenvalue weighted by molar-refractivity contribution is -0.154. The second-order valence-electron chi connectivity index (χ2n) is 2.99. The molecule has 1 aliphatic carbocycles. The van der Waals surface area contributed by atoms with Gasteiger partial charge in [-0.15, -0.1) is 0 Å². The van der Waals surface area contributed by atoms with E-state index in [1.165, 1.54) is 0 Å². The molecule has 0 atom stereocenters. The van der Waals surface area contributed by atoms with E-state index in [2.05, 4.69) is 0 Å². The quantitative estimate of drug-likeness (QED) is 0.624. The molecule has 0 unspecified atom stereocenters. The number of hydrogen-bond donors (Lipinski definition) is 1. The Kier molecular flexibility index (Phi) is 2.47. The second kappa shape index (κ2) is 3.77. The summed E-state index contributed by atoms with van der Waals surface area (Å²) in [6.45, 7) is 1.45. The van der Waals surface area contributed by atoms with Gasteiger partial charge < -0.3 is 14.6 Å². The van der Waals surface area contributed by atoms with Crippen LogP contribution in [0.5, 0.6) is 0 Å². The maximum Gasteiger partial charge on any atom is 0.184 e. The fourth-order valence-corrected chi connectivity index (χ4v) is 1.45. The van der Waals surface area contributed by atoms with Gasteiger partial charge in [0.15, 0.2) is 6.29 Å². The first-order valence-electron chi connectivity index (χ1n) is 4.38. The second-order valence-corrected chi connectivity index (χ2v) is 2.99. The Morgan fingerprint density at radius 2 is 2.15 bits per heavy atom. The summed E-state index contributed by atoms with van der Waals surface area (Å²) in [5.74, 6) is 0. The van der Waals surface area contributed by atoms with Crippen LogP contribution < -0.4 is 0 Å². The molecular weight excluding hydrogens is 168 g/mol. The molecule has 0 amide bonds. The number of rotatable bonds is 1. The third kappa shape index (κ3) is 1.66. The van der Waals surface area contributed by atoms with Crippen LogP contribution in [0, 0.1) is 0 Å². The van der Waals surface area contributed by atoms with E-state index in [1.54, 1.807) is 0 Å². The van der Waals surface area contributed by atoms with Crippen LogP contribution in [0.4, 0.5) is 0 Å². The number of hydrogen-bond acceptors (Lipinski definition) is 3. The molecule has 3 heteroatoms. The normalized spacial score (nSPS) is 26.8. The summed E-state index contributed by atoms with van der Waals surface area (Å²) in [4.78, 5) is 0. The number of aliphatic hydroxyl groups excluding tert-OH is 1. The summed E-state index contributed by atoms with van der Waals surface area (Å²) >= 11 is 0. The highest BCUT2D eigenvalue weighted by Crippen LogP contribution is 2.25. The highest BCUT2D eigenvalue weighted by molar-refractivity contribution is 5.48. The molecule has 0 aromatic heterocycles. The van der Waals surface area contributed by atoms with Crippen molar-refractivity contribution in [1.29, 1.82) is 0 Å². The molecule has 0 bridgehead atoms. The van der Waals surface area contributed by atoms with Crippen LogP contribution in [-0.2, 0) is 9.47 Å². The van der Waals surface area contributed by atoms with Crippen molar-refractivity contribution in [3.05, 3.63) is 35.6 Å². The molecule has 0 saturated carbocycles.